The number of hydrogen-bond donors (Lipinski definition) is 1. The molecule has 1 aromatic heterocycles. The average molecular weight is 239 g/mol. The second kappa shape index (κ2) is 4.33. The van der Waals surface area contributed by atoms with Crippen molar-refractivity contribution in [2.75, 3.05) is 0 Å². The molecule has 88 valence electrons. The van der Waals surface area contributed by atoms with Crippen molar-refractivity contribution in [2.24, 2.45) is 0 Å². The second-order valence-electron chi connectivity index (χ2n) is 2.64. The highest BCUT2D eigenvalue weighted by molar-refractivity contribution is 5.78. The van der Waals surface area contributed by atoms with Gasteiger partial charge in [0.25, 0.3) is 0 Å². The summed E-state index contributed by atoms with van der Waals surface area (Å²) in [6, 6.07) is 0.565. The summed E-state index contributed by atoms with van der Waals surface area (Å²) in [5, 5.41) is 9.13. The molecule has 1 heterocycles. The largest absolute Gasteiger partial charge is 0.573 e. The van der Waals surface area contributed by atoms with Gasteiger partial charge in [0.1, 0.15) is 12.4 Å². The third-order valence-corrected chi connectivity index (χ3v) is 1.51. The van der Waals surface area contributed by atoms with E-state index in [9.17, 15) is 22.4 Å². The molecule has 0 spiro atoms. The van der Waals surface area contributed by atoms with Crippen LogP contribution in [0.4, 0.5) is 17.6 Å². The van der Waals surface area contributed by atoms with Gasteiger partial charge in [0, 0.05) is 6.07 Å². The molecule has 0 aliphatic rings. The standard InChI is InChI=1S/C8H5F4NO3/c9-2-4-1-6(16-8(10,11)12)7(15)5(3-14)13-4/h1,3,15H,2H2. The third-order valence-electron chi connectivity index (χ3n) is 1.51. The van der Waals surface area contributed by atoms with Crippen LogP contribution < -0.4 is 4.74 Å². The predicted molar refractivity (Wildman–Crippen MR) is 42.8 cm³/mol. The molecule has 1 aromatic rings. The zero-order valence-electron chi connectivity index (χ0n) is 7.58. The molecule has 0 unspecified atom stereocenters. The van der Waals surface area contributed by atoms with Crippen molar-refractivity contribution < 1.29 is 32.2 Å². The van der Waals surface area contributed by atoms with Gasteiger partial charge in [-0.2, -0.15) is 0 Å². The van der Waals surface area contributed by atoms with Crippen LogP contribution in [0.1, 0.15) is 16.2 Å². The van der Waals surface area contributed by atoms with Crippen molar-refractivity contribution in [3.63, 3.8) is 0 Å². The molecule has 4 nitrogen and oxygen atoms in total. The van der Waals surface area contributed by atoms with Gasteiger partial charge in [0.05, 0.1) is 5.69 Å². The van der Waals surface area contributed by atoms with Crippen LogP contribution in [0.5, 0.6) is 11.5 Å². The molecule has 0 aliphatic carbocycles. The van der Waals surface area contributed by atoms with Crippen LogP contribution in [0, 0.1) is 0 Å². The van der Waals surface area contributed by atoms with Crippen LogP contribution in [0.15, 0.2) is 6.07 Å². The number of alkyl halides is 4. The Morgan fingerprint density at radius 2 is 2.12 bits per heavy atom. The first-order chi connectivity index (χ1) is 7.37. The lowest BCUT2D eigenvalue weighted by Gasteiger charge is -2.11. The zero-order chi connectivity index (χ0) is 12.3. The SMILES string of the molecule is O=Cc1nc(CF)cc(OC(F)(F)F)c1O. The zero-order valence-corrected chi connectivity index (χ0v) is 7.58. The molecule has 0 amide bonds. The number of aromatic nitrogens is 1. The minimum absolute atomic E-state index is 0.00225. The fraction of sp³-hybridized carbons (Fsp3) is 0.250. The van der Waals surface area contributed by atoms with Gasteiger partial charge in [-0.3, -0.25) is 4.79 Å². The fourth-order valence-corrected chi connectivity index (χ4v) is 0.939. The highest BCUT2D eigenvalue weighted by Gasteiger charge is 2.33. The molecule has 0 radical (unpaired) electrons. The summed E-state index contributed by atoms with van der Waals surface area (Å²) in [4.78, 5) is 13.6. The maximum absolute atomic E-state index is 12.2. The first-order valence-corrected chi connectivity index (χ1v) is 3.87. The number of pyridine rings is 1. The number of carbonyl (C=O) groups excluding carboxylic acids is 1. The predicted octanol–water partition coefficient (Wildman–Crippen LogP) is 1.97. The van der Waals surface area contributed by atoms with Crippen molar-refractivity contribution in [1.82, 2.24) is 4.98 Å². The summed E-state index contributed by atoms with van der Waals surface area (Å²) in [7, 11) is 0. The van der Waals surface area contributed by atoms with Crippen molar-refractivity contribution >= 4 is 6.29 Å². The van der Waals surface area contributed by atoms with Crippen LogP contribution in [0.3, 0.4) is 0 Å². The molecule has 0 bridgehead atoms. The minimum Gasteiger partial charge on any atom is -0.503 e. The Morgan fingerprint density at radius 1 is 1.50 bits per heavy atom. The fourth-order valence-electron chi connectivity index (χ4n) is 0.939. The van der Waals surface area contributed by atoms with Gasteiger partial charge in [0.15, 0.2) is 17.8 Å². The lowest BCUT2D eigenvalue weighted by atomic mass is 10.2. The topological polar surface area (TPSA) is 59.4 Å². The van der Waals surface area contributed by atoms with E-state index in [2.05, 4.69) is 9.72 Å². The van der Waals surface area contributed by atoms with Gasteiger partial charge in [-0.1, -0.05) is 0 Å². The number of nitrogens with zero attached hydrogens (tertiary/aromatic N) is 1. The highest BCUT2D eigenvalue weighted by atomic mass is 19.4. The molecule has 8 heteroatoms. The Morgan fingerprint density at radius 3 is 2.56 bits per heavy atom. The van der Waals surface area contributed by atoms with Gasteiger partial charge in [-0.05, 0) is 0 Å². The number of aromatic hydroxyl groups is 1. The van der Waals surface area contributed by atoms with Crippen molar-refractivity contribution in [1.29, 1.82) is 0 Å². The average Bonchev–Trinajstić information content (AvgIpc) is 2.19. The summed E-state index contributed by atoms with van der Waals surface area (Å²) in [6.45, 7) is -1.19. The van der Waals surface area contributed by atoms with E-state index in [1.54, 1.807) is 0 Å². The van der Waals surface area contributed by atoms with E-state index in [0.717, 1.165) is 0 Å². The van der Waals surface area contributed by atoms with Gasteiger partial charge < -0.3 is 9.84 Å². The van der Waals surface area contributed by atoms with Gasteiger partial charge in [0.2, 0.25) is 0 Å². The van der Waals surface area contributed by atoms with Gasteiger partial charge in [-0.25, -0.2) is 9.37 Å². The summed E-state index contributed by atoms with van der Waals surface area (Å²) >= 11 is 0. The lowest BCUT2D eigenvalue weighted by molar-refractivity contribution is -0.275. The van der Waals surface area contributed by atoms with Crippen LogP contribution >= 0.6 is 0 Å². The monoisotopic (exact) mass is 239 g/mol. The Bertz CT molecular complexity index is 405. The van der Waals surface area contributed by atoms with E-state index in [1.807, 2.05) is 0 Å². The van der Waals surface area contributed by atoms with Crippen LogP contribution in [0.2, 0.25) is 0 Å². The van der Waals surface area contributed by atoms with Crippen LogP contribution in [-0.4, -0.2) is 22.7 Å². The van der Waals surface area contributed by atoms with Gasteiger partial charge >= 0.3 is 6.36 Å². The molecule has 0 atom stereocenters. The Kier molecular flexibility index (Phi) is 3.31. The van der Waals surface area contributed by atoms with E-state index in [0.29, 0.717) is 6.07 Å². The quantitative estimate of drug-likeness (QED) is 0.647. The van der Waals surface area contributed by atoms with E-state index in [-0.39, 0.29) is 6.29 Å². The normalized spacial score (nSPS) is 11.2. The van der Waals surface area contributed by atoms with Crippen LogP contribution in [0.25, 0.3) is 0 Å². The Hall–Kier alpha value is -1.86. The molecule has 1 N–H and O–H groups in total. The number of rotatable bonds is 3. The second-order valence-corrected chi connectivity index (χ2v) is 2.64. The summed E-state index contributed by atoms with van der Waals surface area (Å²) in [6.07, 6.45) is -5.05. The number of aldehydes is 1. The van der Waals surface area contributed by atoms with E-state index >= 15 is 0 Å². The van der Waals surface area contributed by atoms with Gasteiger partial charge in [-0.15, -0.1) is 13.2 Å². The Balaban J connectivity index is 3.21. The van der Waals surface area contributed by atoms with Crippen molar-refractivity contribution in [2.45, 2.75) is 13.0 Å². The molecule has 0 aromatic carbocycles. The summed E-state index contributed by atoms with van der Waals surface area (Å²) in [5.41, 5.74) is -1.16. The summed E-state index contributed by atoms with van der Waals surface area (Å²) in [5.74, 6) is -2.14. The molecule has 0 saturated carbocycles. The molecule has 0 aliphatic heterocycles. The van der Waals surface area contributed by atoms with E-state index in [4.69, 9.17) is 5.11 Å². The number of hydrogen-bond acceptors (Lipinski definition) is 4. The number of carbonyl (C=O) groups is 1. The van der Waals surface area contributed by atoms with Crippen molar-refractivity contribution in [3.05, 3.63) is 17.5 Å². The lowest BCUT2D eigenvalue weighted by Crippen LogP contribution is -2.17. The molecular formula is C8H5F4NO3. The number of halogens is 4. The van der Waals surface area contributed by atoms with Crippen LogP contribution in [-0.2, 0) is 6.67 Å². The molecule has 16 heavy (non-hydrogen) atoms. The van der Waals surface area contributed by atoms with E-state index < -0.39 is 35.9 Å². The Labute approximate surface area is 86.5 Å². The van der Waals surface area contributed by atoms with E-state index in [1.165, 1.54) is 0 Å². The minimum atomic E-state index is -5.05. The first-order valence-electron chi connectivity index (χ1n) is 3.87. The number of ether oxygens (including phenoxy) is 1. The smallest absolute Gasteiger partial charge is 0.503 e. The molecule has 1 rings (SSSR count). The molecule has 0 fully saturated rings. The maximum Gasteiger partial charge on any atom is 0.573 e. The first kappa shape index (κ1) is 12.2. The third kappa shape index (κ3) is 2.81. The summed E-state index contributed by atoms with van der Waals surface area (Å²) < 4.78 is 51.2. The highest BCUT2D eigenvalue weighted by Crippen LogP contribution is 2.33. The molecular weight excluding hydrogens is 234 g/mol. The maximum atomic E-state index is 12.2. The van der Waals surface area contributed by atoms with Crippen molar-refractivity contribution in [3.8, 4) is 11.5 Å². The molecule has 0 saturated heterocycles.